The maximum absolute atomic E-state index is 12.2. The topological polar surface area (TPSA) is 101 Å². The summed E-state index contributed by atoms with van der Waals surface area (Å²) in [6.07, 6.45) is 2.99. The van der Waals surface area contributed by atoms with Crippen molar-refractivity contribution in [1.82, 2.24) is 5.32 Å². The molecule has 7 heteroatoms. The maximum atomic E-state index is 12.2. The summed E-state index contributed by atoms with van der Waals surface area (Å²) in [5, 5.41) is 11.4. The van der Waals surface area contributed by atoms with Gasteiger partial charge in [0.1, 0.15) is 0 Å². The molecular formula is C18H21N3O3S. The normalized spacial score (nSPS) is 17.9. The Labute approximate surface area is 147 Å². The van der Waals surface area contributed by atoms with Crippen LogP contribution in [0.1, 0.15) is 19.3 Å². The van der Waals surface area contributed by atoms with Crippen molar-refractivity contribution in [3.8, 4) is 11.1 Å². The van der Waals surface area contributed by atoms with Gasteiger partial charge in [0.2, 0.25) is 15.9 Å². The number of nitrogens with one attached hydrogen (secondary N) is 2. The van der Waals surface area contributed by atoms with Crippen LogP contribution in [0.2, 0.25) is 0 Å². The number of hydrogen-bond donors (Lipinski definition) is 3. The molecule has 1 aliphatic heterocycles. The fourth-order valence-electron chi connectivity index (χ4n) is 2.99. The lowest BCUT2D eigenvalue weighted by Crippen LogP contribution is -2.43. The number of anilines is 1. The highest BCUT2D eigenvalue weighted by Gasteiger charge is 2.20. The first-order valence-electron chi connectivity index (χ1n) is 8.22. The summed E-state index contributed by atoms with van der Waals surface area (Å²) in [4.78, 5) is 12.3. The van der Waals surface area contributed by atoms with E-state index in [1.54, 1.807) is 42.5 Å². The lowest BCUT2D eigenvalue weighted by atomic mass is 10.0. The molecule has 3 rings (SSSR count). The highest BCUT2D eigenvalue weighted by molar-refractivity contribution is 7.89. The molecule has 2 aromatic rings. The third-order valence-electron chi connectivity index (χ3n) is 4.28. The molecule has 1 fully saturated rings. The van der Waals surface area contributed by atoms with Gasteiger partial charge in [0.05, 0.1) is 10.9 Å². The van der Waals surface area contributed by atoms with Gasteiger partial charge < -0.3 is 10.6 Å². The molecule has 0 bridgehead atoms. The van der Waals surface area contributed by atoms with E-state index in [9.17, 15) is 13.2 Å². The average Bonchev–Trinajstić information content (AvgIpc) is 2.62. The van der Waals surface area contributed by atoms with Gasteiger partial charge in [-0.3, -0.25) is 4.79 Å². The Morgan fingerprint density at radius 2 is 1.80 bits per heavy atom. The fraction of sp³-hybridized carbons (Fsp3) is 0.278. The Morgan fingerprint density at radius 1 is 1.08 bits per heavy atom. The van der Waals surface area contributed by atoms with Gasteiger partial charge in [-0.1, -0.05) is 36.8 Å². The Kier molecular flexibility index (Phi) is 5.17. The molecule has 0 aromatic heterocycles. The largest absolute Gasteiger partial charge is 0.325 e. The zero-order chi connectivity index (χ0) is 17.9. The molecule has 1 heterocycles. The van der Waals surface area contributed by atoms with Crippen LogP contribution in [-0.4, -0.2) is 26.9 Å². The number of amides is 1. The van der Waals surface area contributed by atoms with Crippen molar-refractivity contribution in [2.45, 2.75) is 30.2 Å². The Hall–Kier alpha value is -2.22. The Balaban J connectivity index is 1.78. The minimum Gasteiger partial charge on any atom is -0.325 e. The van der Waals surface area contributed by atoms with Crippen LogP contribution < -0.4 is 15.8 Å². The molecule has 2 aromatic carbocycles. The van der Waals surface area contributed by atoms with E-state index in [2.05, 4.69) is 10.6 Å². The molecular weight excluding hydrogens is 338 g/mol. The van der Waals surface area contributed by atoms with Crippen LogP contribution in [-0.2, 0) is 14.8 Å². The third-order valence-corrected chi connectivity index (χ3v) is 5.25. The number of carbonyl (C=O) groups excluding carboxylic acids is 1. The van der Waals surface area contributed by atoms with Gasteiger partial charge in [0, 0.05) is 11.3 Å². The van der Waals surface area contributed by atoms with Crippen LogP contribution in [0.15, 0.2) is 53.4 Å². The number of nitrogens with two attached hydrogens (primary N) is 1. The number of primary sulfonamides is 1. The van der Waals surface area contributed by atoms with Crippen LogP contribution in [0.3, 0.4) is 0 Å². The van der Waals surface area contributed by atoms with Crippen molar-refractivity contribution < 1.29 is 13.2 Å². The minimum absolute atomic E-state index is 0.0441. The molecule has 25 heavy (non-hydrogen) atoms. The standard InChI is InChI=1S/C18H21N3O3S/c19-25(23,24)17-7-2-1-5-15(17)13-8-10-14(11-9-13)21-18(22)16-6-3-4-12-20-16/h1-2,5,7-11,16,20H,3-4,6,12H2,(H,21,22)(H2,19,23,24). The van der Waals surface area contributed by atoms with Crippen molar-refractivity contribution in [1.29, 1.82) is 0 Å². The average molecular weight is 359 g/mol. The lowest BCUT2D eigenvalue weighted by Gasteiger charge is -2.22. The van der Waals surface area contributed by atoms with Gasteiger partial charge in [-0.05, 0) is 43.1 Å². The molecule has 1 saturated heterocycles. The first kappa shape index (κ1) is 17.6. The maximum Gasteiger partial charge on any atom is 0.241 e. The summed E-state index contributed by atoms with van der Waals surface area (Å²) in [6.45, 7) is 0.862. The van der Waals surface area contributed by atoms with E-state index in [1.165, 1.54) is 6.07 Å². The second-order valence-electron chi connectivity index (χ2n) is 6.11. The zero-order valence-electron chi connectivity index (χ0n) is 13.7. The summed E-state index contributed by atoms with van der Waals surface area (Å²) in [7, 11) is -3.80. The molecule has 6 nitrogen and oxygen atoms in total. The first-order chi connectivity index (χ1) is 11.9. The van der Waals surface area contributed by atoms with Gasteiger partial charge in [0.25, 0.3) is 0 Å². The summed E-state index contributed by atoms with van der Waals surface area (Å²) in [5.74, 6) is -0.0441. The monoisotopic (exact) mass is 359 g/mol. The van der Waals surface area contributed by atoms with Crippen molar-refractivity contribution in [2.75, 3.05) is 11.9 Å². The summed E-state index contributed by atoms with van der Waals surface area (Å²) in [5.41, 5.74) is 1.93. The molecule has 0 saturated carbocycles. The van der Waals surface area contributed by atoms with Gasteiger partial charge in [0.15, 0.2) is 0 Å². The second kappa shape index (κ2) is 7.35. The van der Waals surface area contributed by atoms with E-state index in [0.717, 1.165) is 31.4 Å². The molecule has 1 atom stereocenters. The van der Waals surface area contributed by atoms with E-state index in [1.807, 2.05) is 0 Å². The quantitative estimate of drug-likeness (QED) is 0.778. The molecule has 4 N–H and O–H groups in total. The smallest absolute Gasteiger partial charge is 0.241 e. The number of benzene rings is 2. The van der Waals surface area contributed by atoms with Crippen LogP contribution in [0.4, 0.5) is 5.69 Å². The molecule has 1 amide bonds. The van der Waals surface area contributed by atoms with Crippen molar-refractivity contribution in [3.63, 3.8) is 0 Å². The van der Waals surface area contributed by atoms with Gasteiger partial charge in [-0.25, -0.2) is 13.6 Å². The lowest BCUT2D eigenvalue weighted by molar-refractivity contribution is -0.118. The number of carbonyl (C=O) groups is 1. The van der Waals surface area contributed by atoms with Gasteiger partial charge in [-0.2, -0.15) is 0 Å². The van der Waals surface area contributed by atoms with Crippen LogP contribution in [0.5, 0.6) is 0 Å². The summed E-state index contributed by atoms with van der Waals surface area (Å²) >= 11 is 0. The highest BCUT2D eigenvalue weighted by atomic mass is 32.2. The molecule has 1 aliphatic rings. The zero-order valence-corrected chi connectivity index (χ0v) is 14.6. The van der Waals surface area contributed by atoms with Crippen LogP contribution in [0, 0.1) is 0 Å². The Morgan fingerprint density at radius 3 is 2.44 bits per heavy atom. The molecule has 0 spiro atoms. The number of rotatable bonds is 4. The molecule has 1 unspecified atom stereocenters. The van der Waals surface area contributed by atoms with Crippen LogP contribution in [0.25, 0.3) is 11.1 Å². The van der Waals surface area contributed by atoms with E-state index < -0.39 is 10.0 Å². The SMILES string of the molecule is NS(=O)(=O)c1ccccc1-c1ccc(NC(=O)C2CCCCN2)cc1. The summed E-state index contributed by atoms with van der Waals surface area (Å²) < 4.78 is 23.5. The minimum atomic E-state index is -3.80. The molecule has 0 radical (unpaired) electrons. The number of sulfonamides is 1. The summed E-state index contributed by atoms with van der Waals surface area (Å²) in [6, 6.07) is 13.5. The Bertz CT molecular complexity index is 857. The second-order valence-corrected chi connectivity index (χ2v) is 7.64. The van der Waals surface area contributed by atoms with Crippen molar-refractivity contribution in [3.05, 3.63) is 48.5 Å². The predicted octanol–water partition coefficient (Wildman–Crippen LogP) is 2.08. The van der Waals surface area contributed by atoms with E-state index >= 15 is 0 Å². The van der Waals surface area contributed by atoms with Crippen molar-refractivity contribution in [2.24, 2.45) is 5.14 Å². The third kappa shape index (κ3) is 4.25. The van der Waals surface area contributed by atoms with Gasteiger partial charge in [-0.15, -0.1) is 0 Å². The number of piperidine rings is 1. The van der Waals surface area contributed by atoms with Gasteiger partial charge >= 0.3 is 0 Å². The van der Waals surface area contributed by atoms with E-state index in [4.69, 9.17) is 5.14 Å². The molecule has 0 aliphatic carbocycles. The fourth-order valence-corrected chi connectivity index (χ4v) is 3.75. The first-order valence-corrected chi connectivity index (χ1v) is 9.76. The molecule has 132 valence electrons. The predicted molar refractivity (Wildman–Crippen MR) is 97.5 cm³/mol. The van der Waals surface area contributed by atoms with E-state index in [0.29, 0.717) is 11.3 Å². The number of hydrogen-bond acceptors (Lipinski definition) is 4. The van der Waals surface area contributed by atoms with E-state index in [-0.39, 0.29) is 16.8 Å². The van der Waals surface area contributed by atoms with Crippen LogP contribution >= 0.6 is 0 Å². The van der Waals surface area contributed by atoms with Crippen molar-refractivity contribution >= 4 is 21.6 Å². The highest BCUT2D eigenvalue weighted by Crippen LogP contribution is 2.27.